The van der Waals surface area contributed by atoms with Gasteiger partial charge in [0.15, 0.2) is 0 Å². The van der Waals surface area contributed by atoms with Crippen LogP contribution in [0.15, 0.2) is 29.3 Å². The number of nitrogens with zero attached hydrogens (tertiary/aromatic N) is 1. The highest BCUT2D eigenvalue weighted by atomic mass is 32.2. The topological polar surface area (TPSA) is 85.1 Å². The van der Waals surface area contributed by atoms with E-state index in [1.807, 2.05) is 6.92 Å². The van der Waals surface area contributed by atoms with Gasteiger partial charge in [-0.1, -0.05) is 6.92 Å². The average molecular weight is 325 g/mol. The van der Waals surface area contributed by atoms with Crippen LogP contribution in [0.2, 0.25) is 0 Å². The van der Waals surface area contributed by atoms with Crippen LogP contribution >= 0.6 is 11.3 Å². The molecule has 7 heteroatoms. The average Bonchev–Trinajstić information content (AvgIpc) is 2.86. The number of hydrogen-bond donors (Lipinski definition) is 2. The Labute approximate surface area is 129 Å². The quantitative estimate of drug-likeness (QED) is 0.828. The minimum atomic E-state index is -3.59. The molecule has 0 fully saturated rings. The lowest BCUT2D eigenvalue weighted by atomic mass is 10.2. The molecule has 1 aromatic carbocycles. The van der Waals surface area contributed by atoms with Crippen LogP contribution in [0.25, 0.3) is 0 Å². The smallest absolute Gasteiger partial charge is 0.241 e. The molecule has 2 rings (SSSR count). The summed E-state index contributed by atoms with van der Waals surface area (Å²) in [5.41, 5.74) is 6.83. The highest BCUT2D eigenvalue weighted by molar-refractivity contribution is 7.89. The molecule has 1 atom stereocenters. The van der Waals surface area contributed by atoms with Gasteiger partial charge >= 0.3 is 0 Å². The summed E-state index contributed by atoms with van der Waals surface area (Å²) < 4.78 is 27.6. The second-order valence-corrected chi connectivity index (χ2v) is 7.72. The Kier molecular flexibility index (Phi) is 4.65. The molecule has 0 aliphatic rings. The van der Waals surface area contributed by atoms with E-state index in [9.17, 15) is 8.42 Å². The van der Waals surface area contributed by atoms with E-state index in [0.29, 0.717) is 11.3 Å². The van der Waals surface area contributed by atoms with Gasteiger partial charge in [-0.2, -0.15) is 0 Å². The molecule has 1 aromatic heterocycles. The van der Waals surface area contributed by atoms with Gasteiger partial charge in [-0.25, -0.2) is 18.1 Å². The van der Waals surface area contributed by atoms with Crippen molar-refractivity contribution < 1.29 is 8.42 Å². The van der Waals surface area contributed by atoms with Gasteiger partial charge in [-0.3, -0.25) is 0 Å². The Morgan fingerprint density at radius 3 is 2.71 bits per heavy atom. The SMILES string of the molecule is CCc1cnc(C(C)NS(=O)(=O)c2ccc(N)cc2C)s1. The molecule has 21 heavy (non-hydrogen) atoms. The molecule has 3 N–H and O–H groups in total. The maximum absolute atomic E-state index is 12.4. The number of aryl methyl sites for hydroxylation is 2. The zero-order valence-corrected chi connectivity index (χ0v) is 13.9. The van der Waals surface area contributed by atoms with Gasteiger partial charge in [-0.15, -0.1) is 11.3 Å². The molecule has 5 nitrogen and oxygen atoms in total. The molecule has 2 aromatic rings. The van der Waals surface area contributed by atoms with E-state index < -0.39 is 10.0 Å². The van der Waals surface area contributed by atoms with Crippen LogP contribution in [0.3, 0.4) is 0 Å². The maximum Gasteiger partial charge on any atom is 0.241 e. The first-order valence-corrected chi connectivity index (χ1v) is 8.96. The van der Waals surface area contributed by atoms with E-state index in [-0.39, 0.29) is 10.9 Å². The van der Waals surface area contributed by atoms with Crippen molar-refractivity contribution in [2.24, 2.45) is 0 Å². The fraction of sp³-hybridized carbons (Fsp3) is 0.357. The first-order valence-electron chi connectivity index (χ1n) is 6.66. The van der Waals surface area contributed by atoms with Crippen LogP contribution in [-0.4, -0.2) is 13.4 Å². The van der Waals surface area contributed by atoms with Crippen LogP contribution in [-0.2, 0) is 16.4 Å². The molecule has 0 aliphatic heterocycles. The van der Waals surface area contributed by atoms with Gasteiger partial charge in [0.25, 0.3) is 0 Å². The van der Waals surface area contributed by atoms with E-state index in [4.69, 9.17) is 5.73 Å². The van der Waals surface area contributed by atoms with Crippen molar-refractivity contribution in [3.05, 3.63) is 39.8 Å². The van der Waals surface area contributed by atoms with E-state index >= 15 is 0 Å². The predicted octanol–water partition coefficient (Wildman–Crippen LogP) is 2.64. The van der Waals surface area contributed by atoms with E-state index in [0.717, 1.165) is 16.3 Å². The zero-order valence-electron chi connectivity index (χ0n) is 12.3. The number of thiazole rings is 1. The van der Waals surface area contributed by atoms with Gasteiger partial charge in [0.05, 0.1) is 10.9 Å². The number of anilines is 1. The summed E-state index contributed by atoms with van der Waals surface area (Å²) >= 11 is 1.53. The first kappa shape index (κ1) is 15.9. The minimum Gasteiger partial charge on any atom is -0.399 e. The van der Waals surface area contributed by atoms with Crippen LogP contribution in [0.5, 0.6) is 0 Å². The lowest BCUT2D eigenvalue weighted by Crippen LogP contribution is -2.27. The standard InChI is InChI=1S/C14H19N3O2S2/c1-4-12-8-16-14(20-12)10(3)17-21(18,19)13-6-5-11(15)7-9(13)2/h5-8,10,17H,4,15H2,1-3H3. The van der Waals surface area contributed by atoms with Crippen LogP contribution < -0.4 is 10.5 Å². The van der Waals surface area contributed by atoms with Crippen molar-refractivity contribution >= 4 is 27.0 Å². The highest BCUT2D eigenvalue weighted by Gasteiger charge is 2.21. The Morgan fingerprint density at radius 2 is 2.14 bits per heavy atom. The Balaban J connectivity index is 2.24. The van der Waals surface area contributed by atoms with E-state index in [1.165, 1.54) is 17.4 Å². The molecular weight excluding hydrogens is 306 g/mol. The second kappa shape index (κ2) is 6.13. The number of aromatic nitrogens is 1. The minimum absolute atomic E-state index is 0.246. The van der Waals surface area contributed by atoms with Crippen molar-refractivity contribution in [1.29, 1.82) is 0 Å². The number of sulfonamides is 1. The van der Waals surface area contributed by atoms with Crippen molar-refractivity contribution in [3.8, 4) is 0 Å². The third kappa shape index (κ3) is 3.61. The molecule has 1 unspecified atom stereocenters. The van der Waals surface area contributed by atoms with Crippen LogP contribution in [0.1, 0.15) is 35.3 Å². The van der Waals surface area contributed by atoms with Gasteiger partial charge in [-0.05, 0) is 44.0 Å². The van der Waals surface area contributed by atoms with Gasteiger partial charge < -0.3 is 5.73 Å². The van der Waals surface area contributed by atoms with Gasteiger partial charge in [0.1, 0.15) is 5.01 Å². The predicted molar refractivity (Wildman–Crippen MR) is 85.8 cm³/mol. The summed E-state index contributed by atoms with van der Waals surface area (Å²) in [7, 11) is -3.59. The van der Waals surface area contributed by atoms with E-state index in [2.05, 4.69) is 9.71 Å². The summed E-state index contributed by atoms with van der Waals surface area (Å²) in [5.74, 6) is 0. The molecule has 0 saturated carbocycles. The Hall–Kier alpha value is -1.44. The number of rotatable bonds is 5. The van der Waals surface area contributed by atoms with Crippen molar-refractivity contribution in [1.82, 2.24) is 9.71 Å². The van der Waals surface area contributed by atoms with Crippen molar-refractivity contribution in [3.63, 3.8) is 0 Å². The maximum atomic E-state index is 12.4. The Bertz CT molecular complexity index is 738. The summed E-state index contributed by atoms with van der Waals surface area (Å²) in [6.45, 7) is 5.57. The summed E-state index contributed by atoms with van der Waals surface area (Å²) in [6, 6.07) is 4.40. The lowest BCUT2D eigenvalue weighted by molar-refractivity contribution is 0.566. The molecule has 0 saturated heterocycles. The number of nitrogens with one attached hydrogen (secondary N) is 1. The van der Waals surface area contributed by atoms with Crippen molar-refractivity contribution in [2.45, 2.75) is 38.1 Å². The Morgan fingerprint density at radius 1 is 1.43 bits per heavy atom. The number of hydrogen-bond acceptors (Lipinski definition) is 5. The fourth-order valence-corrected chi connectivity index (χ4v) is 4.38. The second-order valence-electron chi connectivity index (χ2n) is 4.89. The van der Waals surface area contributed by atoms with Crippen LogP contribution in [0.4, 0.5) is 5.69 Å². The fourth-order valence-electron chi connectivity index (χ4n) is 2.01. The molecule has 1 heterocycles. The van der Waals surface area contributed by atoms with Crippen molar-refractivity contribution in [2.75, 3.05) is 5.73 Å². The summed E-state index contributed by atoms with van der Waals surface area (Å²) in [6.07, 6.45) is 2.69. The molecule has 0 spiro atoms. The largest absolute Gasteiger partial charge is 0.399 e. The number of nitrogen functional groups attached to an aromatic ring is 1. The molecule has 0 bridgehead atoms. The highest BCUT2D eigenvalue weighted by Crippen LogP contribution is 2.24. The third-order valence-electron chi connectivity index (χ3n) is 3.11. The van der Waals surface area contributed by atoms with Gasteiger partial charge in [0.2, 0.25) is 10.0 Å². The number of nitrogens with two attached hydrogens (primary N) is 1. The zero-order chi connectivity index (χ0) is 15.6. The van der Waals surface area contributed by atoms with Crippen LogP contribution in [0, 0.1) is 6.92 Å². The van der Waals surface area contributed by atoms with Gasteiger partial charge in [0, 0.05) is 16.8 Å². The van der Waals surface area contributed by atoms with E-state index in [1.54, 1.807) is 32.2 Å². The third-order valence-corrected chi connectivity index (χ3v) is 6.14. The summed E-state index contributed by atoms with van der Waals surface area (Å²) in [4.78, 5) is 5.66. The normalized spacial score (nSPS) is 13.3. The lowest BCUT2D eigenvalue weighted by Gasteiger charge is -2.13. The number of benzene rings is 1. The first-order chi connectivity index (χ1) is 9.83. The monoisotopic (exact) mass is 325 g/mol. The summed E-state index contributed by atoms with van der Waals surface area (Å²) in [5, 5.41) is 0.767. The molecule has 0 aliphatic carbocycles. The molecular formula is C14H19N3O2S2. The molecule has 114 valence electrons. The molecule has 0 amide bonds. The molecule has 0 radical (unpaired) electrons.